The maximum absolute atomic E-state index is 13.4. The fourth-order valence-corrected chi connectivity index (χ4v) is 5.97. The van der Waals surface area contributed by atoms with E-state index in [1.165, 1.54) is 9.87 Å². The first kappa shape index (κ1) is 24.9. The van der Waals surface area contributed by atoms with Gasteiger partial charge < -0.3 is 9.84 Å². The van der Waals surface area contributed by atoms with E-state index >= 15 is 0 Å². The highest BCUT2D eigenvalue weighted by atomic mass is 32.2. The van der Waals surface area contributed by atoms with E-state index in [1.54, 1.807) is 13.0 Å². The molecule has 1 aliphatic heterocycles. The van der Waals surface area contributed by atoms with E-state index in [0.29, 0.717) is 25.1 Å². The van der Waals surface area contributed by atoms with Gasteiger partial charge in [-0.2, -0.15) is 4.31 Å². The van der Waals surface area contributed by atoms with Crippen LogP contribution >= 0.6 is 0 Å². The number of nitrogens with one attached hydrogen (secondary N) is 1. The van der Waals surface area contributed by atoms with E-state index in [4.69, 9.17) is 4.52 Å². The smallest absolute Gasteiger partial charge is 0.248 e. The van der Waals surface area contributed by atoms with Gasteiger partial charge in [0.15, 0.2) is 10.7 Å². The molecular formula is C27H31N3O4S. The van der Waals surface area contributed by atoms with Crippen LogP contribution in [0.15, 0.2) is 64.0 Å². The van der Waals surface area contributed by atoms with Crippen molar-refractivity contribution in [3.05, 3.63) is 82.7 Å². The fourth-order valence-electron chi connectivity index (χ4n) is 4.25. The van der Waals surface area contributed by atoms with Gasteiger partial charge in [0.05, 0.1) is 0 Å². The third kappa shape index (κ3) is 6.07. The number of hydrogen-bond donors (Lipinski definition) is 1. The molecule has 2 heterocycles. The molecule has 0 bridgehead atoms. The quantitative estimate of drug-likeness (QED) is 0.507. The summed E-state index contributed by atoms with van der Waals surface area (Å²) in [6.45, 7) is 4.77. The molecule has 0 spiro atoms. The van der Waals surface area contributed by atoms with Crippen molar-refractivity contribution in [2.45, 2.75) is 38.0 Å². The van der Waals surface area contributed by atoms with Gasteiger partial charge in [-0.25, -0.2) is 8.42 Å². The van der Waals surface area contributed by atoms with E-state index in [2.05, 4.69) is 10.5 Å². The van der Waals surface area contributed by atoms with Crippen molar-refractivity contribution >= 4 is 28.1 Å². The lowest BCUT2D eigenvalue weighted by molar-refractivity contribution is -0.126. The highest BCUT2D eigenvalue weighted by Crippen LogP contribution is 2.29. The number of rotatable bonds is 8. The standard InChI is InChI=1S/C27H31N3O4S/c1-20-8-10-23(11-9-20)12-13-25-26(21(2)29-34-25)35(32,33)30-18-15-24(16-19-30)27(31)28-17-14-22-6-4-3-5-7-22/h3-13,24H,14-19H2,1-2H3,(H,28,31)/b13-12+. The second kappa shape index (κ2) is 11.0. The third-order valence-electron chi connectivity index (χ3n) is 6.32. The number of carbonyl (C=O) groups is 1. The summed E-state index contributed by atoms with van der Waals surface area (Å²) in [6, 6.07) is 17.9. The molecule has 0 radical (unpaired) electrons. The number of aromatic nitrogens is 1. The van der Waals surface area contributed by atoms with Crippen molar-refractivity contribution in [2.75, 3.05) is 19.6 Å². The molecule has 3 aromatic rings. The van der Waals surface area contributed by atoms with Crippen LogP contribution in [0.25, 0.3) is 12.2 Å². The molecular weight excluding hydrogens is 462 g/mol. The largest absolute Gasteiger partial charge is 0.356 e. The Morgan fingerprint density at radius 3 is 2.43 bits per heavy atom. The topological polar surface area (TPSA) is 92.5 Å². The predicted molar refractivity (Wildman–Crippen MR) is 136 cm³/mol. The van der Waals surface area contributed by atoms with Gasteiger partial charge in [0.1, 0.15) is 5.69 Å². The lowest BCUT2D eigenvalue weighted by Gasteiger charge is -2.30. The van der Waals surface area contributed by atoms with E-state index < -0.39 is 10.0 Å². The second-order valence-electron chi connectivity index (χ2n) is 8.91. The summed E-state index contributed by atoms with van der Waals surface area (Å²) >= 11 is 0. The van der Waals surface area contributed by atoms with Crippen LogP contribution in [0.2, 0.25) is 0 Å². The van der Waals surface area contributed by atoms with Gasteiger partial charge in [-0.05, 0) is 50.3 Å². The Hall–Kier alpha value is -3.23. The molecule has 1 aliphatic rings. The molecule has 184 valence electrons. The molecule has 35 heavy (non-hydrogen) atoms. The lowest BCUT2D eigenvalue weighted by Crippen LogP contribution is -2.43. The second-order valence-corrected chi connectivity index (χ2v) is 10.8. The molecule has 1 saturated heterocycles. The molecule has 1 amide bonds. The Kier molecular flexibility index (Phi) is 7.83. The number of hydrogen-bond acceptors (Lipinski definition) is 5. The first-order chi connectivity index (χ1) is 16.8. The zero-order chi connectivity index (χ0) is 24.8. The van der Waals surface area contributed by atoms with Gasteiger partial charge in [0.25, 0.3) is 0 Å². The lowest BCUT2D eigenvalue weighted by atomic mass is 9.97. The minimum atomic E-state index is -3.80. The number of benzene rings is 2. The molecule has 0 unspecified atom stereocenters. The maximum atomic E-state index is 13.4. The van der Waals surface area contributed by atoms with E-state index in [0.717, 1.165) is 17.5 Å². The van der Waals surface area contributed by atoms with Gasteiger partial charge in [0.2, 0.25) is 15.9 Å². The van der Waals surface area contributed by atoms with Crippen molar-refractivity contribution in [3.63, 3.8) is 0 Å². The molecule has 0 saturated carbocycles. The number of nitrogens with zero attached hydrogens (tertiary/aromatic N) is 2. The SMILES string of the molecule is Cc1ccc(/C=C/c2onc(C)c2S(=O)(=O)N2CCC(C(=O)NCCc3ccccc3)CC2)cc1. The minimum absolute atomic E-state index is 0.0131. The molecule has 8 heteroatoms. The summed E-state index contributed by atoms with van der Waals surface area (Å²) in [5, 5.41) is 6.90. The van der Waals surface area contributed by atoms with Crippen LogP contribution in [-0.2, 0) is 21.2 Å². The Balaban J connectivity index is 1.37. The van der Waals surface area contributed by atoms with Gasteiger partial charge >= 0.3 is 0 Å². The van der Waals surface area contributed by atoms with Crippen LogP contribution in [0.1, 0.15) is 41.0 Å². The molecule has 0 aliphatic carbocycles. The monoisotopic (exact) mass is 493 g/mol. The molecule has 4 rings (SSSR count). The summed E-state index contributed by atoms with van der Waals surface area (Å²) in [7, 11) is -3.80. The van der Waals surface area contributed by atoms with Crippen LogP contribution in [0, 0.1) is 19.8 Å². The molecule has 1 N–H and O–H groups in total. The third-order valence-corrected chi connectivity index (χ3v) is 8.37. The maximum Gasteiger partial charge on any atom is 0.248 e. The van der Waals surface area contributed by atoms with E-state index in [9.17, 15) is 13.2 Å². The van der Waals surface area contributed by atoms with Crippen LogP contribution < -0.4 is 5.32 Å². The average Bonchev–Trinajstić information content (AvgIpc) is 3.25. The van der Waals surface area contributed by atoms with Crippen LogP contribution in [0.5, 0.6) is 0 Å². The zero-order valence-electron chi connectivity index (χ0n) is 20.1. The van der Waals surface area contributed by atoms with E-state index in [1.807, 2.05) is 67.6 Å². The van der Waals surface area contributed by atoms with Crippen molar-refractivity contribution < 1.29 is 17.7 Å². The molecule has 1 aromatic heterocycles. The van der Waals surface area contributed by atoms with Crippen LogP contribution in [-0.4, -0.2) is 43.4 Å². The predicted octanol–water partition coefficient (Wildman–Crippen LogP) is 4.22. The van der Waals surface area contributed by atoms with Gasteiger partial charge in [-0.3, -0.25) is 4.79 Å². The number of carbonyl (C=O) groups excluding carboxylic acids is 1. The Morgan fingerprint density at radius 1 is 1.06 bits per heavy atom. The highest BCUT2D eigenvalue weighted by molar-refractivity contribution is 7.89. The number of amides is 1. The summed E-state index contributed by atoms with van der Waals surface area (Å²) in [5.41, 5.74) is 3.58. The Bertz CT molecular complexity index is 1270. The first-order valence-electron chi connectivity index (χ1n) is 11.9. The Morgan fingerprint density at radius 2 is 1.74 bits per heavy atom. The molecule has 7 nitrogen and oxygen atoms in total. The van der Waals surface area contributed by atoms with Gasteiger partial charge in [0, 0.05) is 25.6 Å². The highest BCUT2D eigenvalue weighted by Gasteiger charge is 2.35. The minimum Gasteiger partial charge on any atom is -0.356 e. The normalized spacial score (nSPS) is 15.5. The number of aryl methyl sites for hydroxylation is 2. The van der Waals surface area contributed by atoms with Crippen LogP contribution in [0.4, 0.5) is 0 Å². The van der Waals surface area contributed by atoms with Crippen molar-refractivity contribution in [1.29, 1.82) is 0 Å². The summed E-state index contributed by atoms with van der Waals surface area (Å²) < 4.78 is 33.7. The number of piperidine rings is 1. The summed E-state index contributed by atoms with van der Waals surface area (Å²) in [5.74, 6) is 0.00593. The van der Waals surface area contributed by atoms with Crippen molar-refractivity contribution in [2.24, 2.45) is 5.92 Å². The molecule has 2 aromatic carbocycles. The molecule has 0 atom stereocenters. The fraction of sp³-hybridized carbons (Fsp3) is 0.333. The van der Waals surface area contributed by atoms with Crippen molar-refractivity contribution in [3.8, 4) is 0 Å². The first-order valence-corrected chi connectivity index (χ1v) is 13.3. The summed E-state index contributed by atoms with van der Waals surface area (Å²) in [4.78, 5) is 12.7. The van der Waals surface area contributed by atoms with Gasteiger partial charge in [-0.1, -0.05) is 71.4 Å². The van der Waals surface area contributed by atoms with Crippen molar-refractivity contribution in [1.82, 2.24) is 14.8 Å². The van der Waals surface area contributed by atoms with E-state index in [-0.39, 0.29) is 35.6 Å². The van der Waals surface area contributed by atoms with Gasteiger partial charge in [-0.15, -0.1) is 0 Å². The Labute approximate surface area is 206 Å². The average molecular weight is 494 g/mol. The summed E-state index contributed by atoms with van der Waals surface area (Å²) in [6.07, 6.45) is 5.19. The number of sulfonamides is 1. The molecule has 1 fully saturated rings. The van der Waals surface area contributed by atoms with Crippen LogP contribution in [0.3, 0.4) is 0 Å². The zero-order valence-corrected chi connectivity index (χ0v) is 20.9.